The lowest BCUT2D eigenvalue weighted by Gasteiger charge is -2.18. The zero-order chi connectivity index (χ0) is 14.1. The average molecular weight is 267 g/mol. The Labute approximate surface area is 114 Å². The maximum absolute atomic E-state index is 13.6. The molecular formula is C16H23F2N. The summed E-state index contributed by atoms with van der Waals surface area (Å²) in [5.41, 5.74) is 0.577. The van der Waals surface area contributed by atoms with Crippen LogP contribution in [-0.4, -0.2) is 12.6 Å². The molecule has 0 bridgehead atoms. The van der Waals surface area contributed by atoms with E-state index in [0.717, 1.165) is 38.3 Å². The van der Waals surface area contributed by atoms with Crippen LogP contribution in [0.3, 0.4) is 0 Å². The number of unbranched alkanes of at least 4 members (excludes halogenated alkanes) is 1. The number of halogens is 2. The zero-order valence-electron chi connectivity index (χ0n) is 11.6. The lowest BCUT2D eigenvalue weighted by molar-refractivity contribution is 0.456. The van der Waals surface area contributed by atoms with Gasteiger partial charge in [-0.2, -0.15) is 0 Å². The summed E-state index contributed by atoms with van der Waals surface area (Å²) < 4.78 is 26.5. The smallest absolute Gasteiger partial charge is 0.129 e. The summed E-state index contributed by atoms with van der Waals surface area (Å²) in [6.45, 7) is 6.73. The van der Waals surface area contributed by atoms with Crippen LogP contribution in [0.25, 0.3) is 0 Å². The fourth-order valence-corrected chi connectivity index (χ4v) is 2.09. The van der Waals surface area contributed by atoms with E-state index in [4.69, 9.17) is 0 Å². The van der Waals surface area contributed by atoms with E-state index < -0.39 is 11.6 Å². The van der Waals surface area contributed by atoms with E-state index in [9.17, 15) is 8.78 Å². The minimum absolute atomic E-state index is 0.236. The van der Waals surface area contributed by atoms with Gasteiger partial charge in [-0.15, -0.1) is 6.58 Å². The van der Waals surface area contributed by atoms with E-state index in [1.807, 2.05) is 6.08 Å². The van der Waals surface area contributed by atoms with Crippen molar-refractivity contribution in [2.24, 2.45) is 0 Å². The first-order valence-electron chi connectivity index (χ1n) is 6.95. The highest BCUT2D eigenvalue weighted by atomic mass is 19.1. The molecule has 1 unspecified atom stereocenters. The SMILES string of the molecule is C=CCCCC(Cc1ccc(F)cc1F)NCCC. The quantitative estimate of drug-likeness (QED) is 0.521. The molecule has 0 spiro atoms. The number of hydrogen-bond donors (Lipinski definition) is 1. The Morgan fingerprint density at radius 1 is 1.37 bits per heavy atom. The molecule has 1 atom stereocenters. The average Bonchev–Trinajstić information content (AvgIpc) is 2.39. The molecule has 0 aromatic heterocycles. The molecule has 106 valence electrons. The molecule has 0 aliphatic heterocycles. The van der Waals surface area contributed by atoms with Gasteiger partial charge in [0.15, 0.2) is 0 Å². The molecule has 1 rings (SSSR count). The third-order valence-electron chi connectivity index (χ3n) is 3.13. The van der Waals surface area contributed by atoms with Gasteiger partial charge >= 0.3 is 0 Å². The molecule has 1 aromatic rings. The van der Waals surface area contributed by atoms with Gasteiger partial charge in [0.05, 0.1) is 0 Å². The van der Waals surface area contributed by atoms with Crippen molar-refractivity contribution in [3.8, 4) is 0 Å². The van der Waals surface area contributed by atoms with E-state index >= 15 is 0 Å². The fraction of sp³-hybridized carbons (Fsp3) is 0.500. The second kappa shape index (κ2) is 8.81. The lowest BCUT2D eigenvalue weighted by Crippen LogP contribution is -2.32. The Kier molecular flexibility index (Phi) is 7.34. The highest BCUT2D eigenvalue weighted by molar-refractivity contribution is 5.19. The molecular weight excluding hydrogens is 244 g/mol. The van der Waals surface area contributed by atoms with Crippen LogP contribution < -0.4 is 5.32 Å². The van der Waals surface area contributed by atoms with Crippen molar-refractivity contribution in [3.63, 3.8) is 0 Å². The number of allylic oxidation sites excluding steroid dienone is 1. The van der Waals surface area contributed by atoms with Crippen molar-refractivity contribution >= 4 is 0 Å². The highest BCUT2D eigenvalue weighted by Crippen LogP contribution is 2.14. The third kappa shape index (κ3) is 5.97. The first kappa shape index (κ1) is 15.8. The molecule has 1 aromatic carbocycles. The molecule has 0 heterocycles. The van der Waals surface area contributed by atoms with E-state index in [1.54, 1.807) is 6.07 Å². The summed E-state index contributed by atoms with van der Waals surface area (Å²) in [6.07, 6.45) is 6.52. The van der Waals surface area contributed by atoms with Gasteiger partial charge in [0.25, 0.3) is 0 Å². The Morgan fingerprint density at radius 2 is 2.16 bits per heavy atom. The van der Waals surface area contributed by atoms with Crippen molar-refractivity contribution in [2.75, 3.05) is 6.54 Å². The van der Waals surface area contributed by atoms with Gasteiger partial charge in [-0.05, 0) is 50.3 Å². The Morgan fingerprint density at radius 3 is 2.79 bits per heavy atom. The first-order chi connectivity index (χ1) is 9.17. The first-order valence-corrected chi connectivity index (χ1v) is 6.95. The minimum atomic E-state index is -0.522. The van der Waals surface area contributed by atoms with Crippen molar-refractivity contribution < 1.29 is 8.78 Å². The van der Waals surface area contributed by atoms with Gasteiger partial charge in [0.2, 0.25) is 0 Å². The summed E-state index contributed by atoms with van der Waals surface area (Å²) in [7, 11) is 0. The summed E-state index contributed by atoms with van der Waals surface area (Å²) in [5.74, 6) is -0.974. The third-order valence-corrected chi connectivity index (χ3v) is 3.13. The molecule has 0 aliphatic rings. The van der Waals surface area contributed by atoms with Crippen molar-refractivity contribution in [3.05, 3.63) is 48.1 Å². The minimum Gasteiger partial charge on any atom is -0.314 e. The summed E-state index contributed by atoms with van der Waals surface area (Å²) >= 11 is 0. The van der Waals surface area contributed by atoms with Gasteiger partial charge in [-0.3, -0.25) is 0 Å². The van der Waals surface area contributed by atoms with Crippen LogP contribution in [0.5, 0.6) is 0 Å². The summed E-state index contributed by atoms with van der Waals surface area (Å²) in [5, 5.41) is 3.42. The van der Waals surface area contributed by atoms with Crippen LogP contribution in [0.1, 0.15) is 38.2 Å². The maximum Gasteiger partial charge on any atom is 0.129 e. The molecule has 0 aliphatic carbocycles. The van der Waals surface area contributed by atoms with Crippen molar-refractivity contribution in [2.45, 2.75) is 45.1 Å². The van der Waals surface area contributed by atoms with Gasteiger partial charge in [0.1, 0.15) is 11.6 Å². The standard InChI is InChI=1S/C16H23F2N/c1-3-5-6-7-15(19-10-4-2)11-13-8-9-14(17)12-16(13)18/h3,8-9,12,15,19H,1,4-7,10-11H2,2H3. The van der Waals surface area contributed by atoms with Crippen LogP contribution >= 0.6 is 0 Å². The van der Waals surface area contributed by atoms with Crippen LogP contribution in [-0.2, 0) is 6.42 Å². The number of rotatable bonds is 9. The fourth-order valence-electron chi connectivity index (χ4n) is 2.09. The Balaban J connectivity index is 2.60. The van der Waals surface area contributed by atoms with Gasteiger partial charge in [0, 0.05) is 12.1 Å². The Hall–Kier alpha value is -1.22. The Bertz CT molecular complexity index is 390. The van der Waals surface area contributed by atoms with Crippen LogP contribution in [0, 0.1) is 11.6 Å². The van der Waals surface area contributed by atoms with Crippen molar-refractivity contribution in [1.82, 2.24) is 5.32 Å². The zero-order valence-corrected chi connectivity index (χ0v) is 11.6. The van der Waals surface area contributed by atoms with E-state index in [2.05, 4.69) is 18.8 Å². The maximum atomic E-state index is 13.6. The van der Waals surface area contributed by atoms with Crippen LogP contribution in [0.4, 0.5) is 8.78 Å². The molecule has 0 amide bonds. The second-order valence-corrected chi connectivity index (χ2v) is 4.81. The van der Waals surface area contributed by atoms with Gasteiger partial charge in [-0.1, -0.05) is 19.1 Å². The lowest BCUT2D eigenvalue weighted by atomic mass is 10.00. The molecule has 1 N–H and O–H groups in total. The second-order valence-electron chi connectivity index (χ2n) is 4.81. The predicted octanol–water partition coefficient (Wildman–Crippen LogP) is 4.23. The molecule has 0 fully saturated rings. The number of hydrogen-bond acceptors (Lipinski definition) is 1. The van der Waals surface area contributed by atoms with Crippen molar-refractivity contribution in [1.29, 1.82) is 0 Å². The van der Waals surface area contributed by atoms with E-state index in [0.29, 0.717) is 12.0 Å². The number of nitrogens with one attached hydrogen (secondary N) is 1. The summed E-state index contributed by atoms with van der Waals surface area (Å²) in [6, 6.07) is 4.05. The van der Waals surface area contributed by atoms with Crippen LogP contribution in [0.2, 0.25) is 0 Å². The summed E-state index contributed by atoms with van der Waals surface area (Å²) in [4.78, 5) is 0. The molecule has 0 radical (unpaired) electrons. The van der Waals surface area contributed by atoms with E-state index in [-0.39, 0.29) is 6.04 Å². The largest absolute Gasteiger partial charge is 0.314 e. The van der Waals surface area contributed by atoms with Gasteiger partial charge in [-0.25, -0.2) is 8.78 Å². The van der Waals surface area contributed by atoms with Gasteiger partial charge < -0.3 is 5.32 Å². The molecule has 0 saturated carbocycles. The normalized spacial score (nSPS) is 12.4. The van der Waals surface area contributed by atoms with Crippen LogP contribution in [0.15, 0.2) is 30.9 Å². The topological polar surface area (TPSA) is 12.0 Å². The highest BCUT2D eigenvalue weighted by Gasteiger charge is 2.12. The monoisotopic (exact) mass is 267 g/mol. The molecule has 19 heavy (non-hydrogen) atoms. The molecule has 3 heteroatoms. The molecule has 1 nitrogen and oxygen atoms in total. The predicted molar refractivity (Wildman–Crippen MR) is 76.2 cm³/mol. The van der Waals surface area contributed by atoms with E-state index in [1.165, 1.54) is 6.07 Å². The molecule has 0 saturated heterocycles. The number of benzene rings is 1.